The number of benzene rings is 2. The van der Waals surface area contributed by atoms with Crippen LogP contribution in [0.5, 0.6) is 0 Å². The van der Waals surface area contributed by atoms with E-state index in [1.54, 1.807) is 24.3 Å². The summed E-state index contributed by atoms with van der Waals surface area (Å²) in [6.07, 6.45) is 1.52. The first-order valence-electron chi connectivity index (χ1n) is 7.43. The third-order valence-corrected chi connectivity index (χ3v) is 4.55. The van der Waals surface area contributed by atoms with Crippen molar-refractivity contribution in [3.05, 3.63) is 80.3 Å². The summed E-state index contributed by atoms with van der Waals surface area (Å²) in [6.45, 7) is 0.420. The first-order valence-corrected chi connectivity index (χ1v) is 8.60. The van der Waals surface area contributed by atoms with Crippen molar-refractivity contribution < 1.29 is 0 Å². The molecule has 0 aliphatic rings. The number of nitrogens with zero attached hydrogens (tertiary/aromatic N) is 5. The van der Waals surface area contributed by atoms with E-state index in [9.17, 15) is 4.79 Å². The zero-order valence-corrected chi connectivity index (χ0v) is 15.1. The SMILES string of the molecule is O=c1c2nnn(-c3ccc(Cl)cc3)c2ncn1Cc1ccc(Br)cc1. The van der Waals surface area contributed by atoms with E-state index in [4.69, 9.17) is 11.6 Å². The minimum absolute atomic E-state index is 0.229. The molecule has 6 nitrogen and oxygen atoms in total. The fourth-order valence-electron chi connectivity index (χ4n) is 2.50. The highest BCUT2D eigenvalue weighted by molar-refractivity contribution is 9.10. The second kappa shape index (κ2) is 6.42. The Morgan fingerprint density at radius 1 is 1.04 bits per heavy atom. The topological polar surface area (TPSA) is 65.6 Å². The van der Waals surface area contributed by atoms with Gasteiger partial charge in [-0.1, -0.05) is 44.9 Å². The number of hydrogen-bond acceptors (Lipinski definition) is 4. The van der Waals surface area contributed by atoms with Crippen LogP contribution in [0.25, 0.3) is 16.9 Å². The average Bonchev–Trinajstić information content (AvgIpc) is 3.05. The lowest BCUT2D eigenvalue weighted by Gasteiger charge is -2.06. The van der Waals surface area contributed by atoms with Crippen LogP contribution < -0.4 is 5.56 Å². The molecule has 0 unspecified atom stereocenters. The summed E-state index contributed by atoms with van der Waals surface area (Å²) < 4.78 is 4.03. The molecule has 0 amide bonds. The quantitative estimate of drug-likeness (QED) is 0.513. The second-order valence-electron chi connectivity index (χ2n) is 5.45. The predicted octanol–water partition coefficient (Wildman–Crippen LogP) is 3.44. The molecule has 0 N–H and O–H groups in total. The molecular weight excluding hydrogens is 406 g/mol. The van der Waals surface area contributed by atoms with Gasteiger partial charge in [-0.2, -0.15) is 4.68 Å². The van der Waals surface area contributed by atoms with Gasteiger partial charge in [0, 0.05) is 9.50 Å². The van der Waals surface area contributed by atoms with Gasteiger partial charge in [-0.3, -0.25) is 9.36 Å². The Morgan fingerprint density at radius 3 is 2.48 bits per heavy atom. The second-order valence-corrected chi connectivity index (χ2v) is 6.81. The number of aromatic nitrogens is 5. The molecule has 4 aromatic rings. The van der Waals surface area contributed by atoms with E-state index >= 15 is 0 Å². The van der Waals surface area contributed by atoms with Gasteiger partial charge >= 0.3 is 0 Å². The van der Waals surface area contributed by atoms with Crippen LogP contribution in [0.4, 0.5) is 0 Å². The van der Waals surface area contributed by atoms with E-state index in [0.717, 1.165) is 15.7 Å². The maximum atomic E-state index is 12.7. The molecule has 4 rings (SSSR count). The minimum atomic E-state index is -0.229. The molecule has 2 heterocycles. The summed E-state index contributed by atoms with van der Waals surface area (Å²) >= 11 is 9.30. The summed E-state index contributed by atoms with van der Waals surface area (Å²) in [4.78, 5) is 17.0. The molecular formula is C17H11BrClN5O. The molecule has 8 heteroatoms. The Morgan fingerprint density at radius 2 is 1.76 bits per heavy atom. The molecule has 2 aromatic carbocycles. The Labute approximate surface area is 155 Å². The number of hydrogen-bond donors (Lipinski definition) is 0. The predicted molar refractivity (Wildman–Crippen MR) is 99.2 cm³/mol. The number of rotatable bonds is 3. The molecule has 2 aromatic heterocycles. The van der Waals surface area contributed by atoms with E-state index in [2.05, 4.69) is 31.2 Å². The van der Waals surface area contributed by atoms with Crippen molar-refractivity contribution in [1.82, 2.24) is 24.5 Å². The molecule has 0 bridgehead atoms. The lowest BCUT2D eigenvalue weighted by molar-refractivity contribution is 0.745. The van der Waals surface area contributed by atoms with E-state index in [1.807, 2.05) is 24.3 Å². The molecule has 0 aliphatic heterocycles. The van der Waals surface area contributed by atoms with Gasteiger partial charge in [0.2, 0.25) is 0 Å². The minimum Gasteiger partial charge on any atom is -0.293 e. The van der Waals surface area contributed by atoms with Crippen molar-refractivity contribution in [3.8, 4) is 5.69 Å². The zero-order valence-electron chi connectivity index (χ0n) is 12.8. The lowest BCUT2D eigenvalue weighted by atomic mass is 10.2. The highest BCUT2D eigenvalue weighted by Crippen LogP contribution is 2.16. The fraction of sp³-hybridized carbons (Fsp3) is 0.0588. The average molecular weight is 417 g/mol. The van der Waals surface area contributed by atoms with Gasteiger partial charge in [0.25, 0.3) is 5.56 Å². The Bertz CT molecular complexity index is 1100. The van der Waals surface area contributed by atoms with Crippen LogP contribution in [0.1, 0.15) is 5.56 Å². The van der Waals surface area contributed by atoms with Gasteiger partial charge in [0.15, 0.2) is 11.2 Å². The number of halogens is 2. The first-order chi connectivity index (χ1) is 12.1. The third-order valence-electron chi connectivity index (χ3n) is 3.77. The van der Waals surface area contributed by atoms with Gasteiger partial charge in [-0.15, -0.1) is 5.10 Å². The van der Waals surface area contributed by atoms with Crippen molar-refractivity contribution in [3.63, 3.8) is 0 Å². The van der Waals surface area contributed by atoms with E-state index < -0.39 is 0 Å². The summed E-state index contributed by atoms with van der Waals surface area (Å²) in [7, 11) is 0. The third kappa shape index (κ3) is 3.08. The van der Waals surface area contributed by atoms with E-state index in [1.165, 1.54) is 15.6 Å². The van der Waals surface area contributed by atoms with Crippen molar-refractivity contribution in [2.75, 3.05) is 0 Å². The zero-order chi connectivity index (χ0) is 17.4. The van der Waals surface area contributed by atoms with E-state index in [-0.39, 0.29) is 11.1 Å². The smallest absolute Gasteiger partial charge is 0.283 e. The molecule has 124 valence electrons. The first kappa shape index (κ1) is 16.0. The molecule has 25 heavy (non-hydrogen) atoms. The van der Waals surface area contributed by atoms with Crippen molar-refractivity contribution in [2.45, 2.75) is 6.54 Å². The Balaban J connectivity index is 1.75. The molecule has 0 saturated heterocycles. The van der Waals surface area contributed by atoms with Crippen molar-refractivity contribution >= 4 is 38.7 Å². The van der Waals surface area contributed by atoms with Crippen molar-refractivity contribution in [1.29, 1.82) is 0 Å². The van der Waals surface area contributed by atoms with Crippen LogP contribution in [0.3, 0.4) is 0 Å². The molecule has 0 spiro atoms. The molecule has 0 atom stereocenters. The van der Waals surface area contributed by atoms with Crippen LogP contribution in [0, 0.1) is 0 Å². The van der Waals surface area contributed by atoms with Gasteiger partial charge in [-0.25, -0.2) is 4.98 Å². The maximum Gasteiger partial charge on any atom is 0.283 e. The maximum absolute atomic E-state index is 12.7. The highest BCUT2D eigenvalue weighted by Gasteiger charge is 2.13. The number of fused-ring (bicyclic) bond motifs is 1. The van der Waals surface area contributed by atoms with E-state index in [0.29, 0.717) is 17.2 Å². The van der Waals surface area contributed by atoms with Gasteiger partial charge in [0.1, 0.15) is 6.33 Å². The van der Waals surface area contributed by atoms with Crippen LogP contribution in [-0.2, 0) is 6.54 Å². The summed E-state index contributed by atoms with van der Waals surface area (Å²) in [5.41, 5.74) is 2.16. The fourth-order valence-corrected chi connectivity index (χ4v) is 2.89. The Hall–Kier alpha value is -2.51. The Kier molecular flexibility index (Phi) is 4.10. The molecule has 0 aliphatic carbocycles. The summed E-state index contributed by atoms with van der Waals surface area (Å²) in [6, 6.07) is 14.9. The van der Waals surface area contributed by atoms with Crippen LogP contribution in [0.2, 0.25) is 5.02 Å². The van der Waals surface area contributed by atoms with Crippen LogP contribution >= 0.6 is 27.5 Å². The van der Waals surface area contributed by atoms with Gasteiger partial charge in [0.05, 0.1) is 12.2 Å². The molecule has 0 radical (unpaired) electrons. The largest absolute Gasteiger partial charge is 0.293 e. The van der Waals surface area contributed by atoms with Crippen molar-refractivity contribution in [2.24, 2.45) is 0 Å². The lowest BCUT2D eigenvalue weighted by Crippen LogP contribution is -2.21. The normalized spacial score (nSPS) is 11.1. The molecule has 0 fully saturated rings. The summed E-state index contributed by atoms with van der Waals surface area (Å²) in [5.74, 6) is 0. The van der Waals surface area contributed by atoms with Gasteiger partial charge in [-0.05, 0) is 42.0 Å². The standard InChI is InChI=1S/C17H11BrClN5O/c18-12-3-1-11(2-4-12)9-23-10-20-16-15(17(23)25)21-22-24(16)14-7-5-13(19)6-8-14/h1-8,10H,9H2. The summed E-state index contributed by atoms with van der Waals surface area (Å²) in [5, 5.41) is 8.69. The van der Waals surface area contributed by atoms with Crippen LogP contribution in [0.15, 0.2) is 64.1 Å². The van der Waals surface area contributed by atoms with Gasteiger partial charge < -0.3 is 0 Å². The highest BCUT2D eigenvalue weighted by atomic mass is 79.9. The monoisotopic (exact) mass is 415 g/mol. The molecule has 0 saturated carbocycles. The van der Waals surface area contributed by atoms with Crippen LogP contribution in [-0.4, -0.2) is 24.5 Å².